The first-order valence-electron chi connectivity index (χ1n) is 1.28. The van der Waals surface area contributed by atoms with Crippen molar-refractivity contribution >= 4 is 24.2 Å². The molecule has 0 aliphatic carbocycles. The van der Waals surface area contributed by atoms with E-state index in [4.69, 9.17) is 17.3 Å². The predicted octanol–water partition coefficient (Wildman–Crippen LogP) is 0.440. The van der Waals surface area contributed by atoms with Crippen molar-refractivity contribution in [2.45, 2.75) is 5.50 Å². The largest absolute Gasteiger partial charge is 0.315 e. The smallest absolute Gasteiger partial charge is 0.0889 e. The Morgan fingerprint density at radius 1 is 2.00 bits per heavy atom. The summed E-state index contributed by atoms with van der Waals surface area (Å²) in [5.74, 6) is 0.543. The average Bonchev–Trinajstić information content (AvgIpc) is 1.38. The van der Waals surface area contributed by atoms with E-state index < -0.39 is 0 Å². The fraction of sp³-hybridized carbons (Fsp3) is 1.00. The van der Waals surface area contributed by atoms with Crippen molar-refractivity contribution in [3.63, 3.8) is 0 Å². The Balaban J connectivity index is 2.54. The van der Waals surface area contributed by atoms with E-state index in [0.717, 1.165) is 0 Å². The topological polar surface area (TPSA) is 26.0 Å². The normalized spacial score (nSPS) is 15.0. The van der Waals surface area contributed by atoms with E-state index in [2.05, 4.69) is 12.6 Å². The Bertz CT molecular complexity index is 23.6. The van der Waals surface area contributed by atoms with E-state index in [-0.39, 0.29) is 5.50 Å². The molecule has 0 spiro atoms. The minimum Gasteiger partial charge on any atom is -0.315 e. The summed E-state index contributed by atoms with van der Waals surface area (Å²) in [5, 5.41) is 0. The van der Waals surface area contributed by atoms with E-state index in [1.165, 1.54) is 0 Å². The highest BCUT2D eigenvalue weighted by Crippen LogP contribution is 1.84. The molecular weight excluding hydrogens is 106 g/mol. The van der Waals surface area contributed by atoms with Crippen molar-refractivity contribution in [2.24, 2.45) is 5.73 Å². The highest BCUT2D eigenvalue weighted by molar-refractivity contribution is 7.80. The molecule has 32 valence electrons. The summed E-state index contributed by atoms with van der Waals surface area (Å²) in [7, 11) is 0. The lowest BCUT2D eigenvalue weighted by molar-refractivity contribution is 1.05. The Kier molecular flexibility index (Phi) is 3.16. The summed E-state index contributed by atoms with van der Waals surface area (Å²) < 4.78 is 0. The molecule has 2 N–H and O–H groups in total. The maximum atomic E-state index is 5.16. The van der Waals surface area contributed by atoms with Gasteiger partial charge in [0.15, 0.2) is 0 Å². The van der Waals surface area contributed by atoms with Crippen LogP contribution in [0, 0.1) is 0 Å². The van der Waals surface area contributed by atoms with Crippen molar-refractivity contribution in [3.05, 3.63) is 0 Å². The molecule has 0 aromatic carbocycles. The van der Waals surface area contributed by atoms with Crippen molar-refractivity contribution in [2.75, 3.05) is 5.75 Å². The highest BCUT2D eigenvalue weighted by atomic mass is 35.5. The van der Waals surface area contributed by atoms with Crippen molar-refractivity contribution in [1.29, 1.82) is 0 Å². The Labute approximate surface area is 41.9 Å². The molecule has 1 unspecified atom stereocenters. The fourth-order valence-corrected chi connectivity index (χ4v) is 0. The number of halogens is 1. The van der Waals surface area contributed by atoms with Gasteiger partial charge in [-0.3, -0.25) is 0 Å². The van der Waals surface area contributed by atoms with Gasteiger partial charge < -0.3 is 5.73 Å². The minimum absolute atomic E-state index is 0.279. The zero-order valence-corrected chi connectivity index (χ0v) is 4.34. The van der Waals surface area contributed by atoms with E-state index in [1.54, 1.807) is 0 Å². The lowest BCUT2D eigenvalue weighted by Gasteiger charge is -1.88. The summed E-state index contributed by atoms with van der Waals surface area (Å²) in [5.41, 5.74) is 4.70. The molecule has 5 heavy (non-hydrogen) atoms. The quantitative estimate of drug-likeness (QED) is 0.287. The van der Waals surface area contributed by atoms with Crippen LogP contribution in [0.2, 0.25) is 0 Å². The molecule has 0 aromatic rings. The van der Waals surface area contributed by atoms with Crippen LogP contribution in [0.1, 0.15) is 0 Å². The van der Waals surface area contributed by atoms with Gasteiger partial charge in [0.25, 0.3) is 0 Å². The van der Waals surface area contributed by atoms with Crippen LogP contribution in [-0.4, -0.2) is 11.3 Å². The van der Waals surface area contributed by atoms with Gasteiger partial charge in [-0.05, 0) is 0 Å². The summed E-state index contributed by atoms with van der Waals surface area (Å²) in [6, 6.07) is 0. The molecule has 0 amide bonds. The molecule has 0 radical (unpaired) electrons. The fourth-order valence-electron chi connectivity index (χ4n) is 0. The summed E-state index contributed by atoms with van der Waals surface area (Å²) in [4.78, 5) is 0. The van der Waals surface area contributed by atoms with Gasteiger partial charge in [-0.15, -0.1) is 11.6 Å². The molecule has 1 atom stereocenters. The zero-order valence-electron chi connectivity index (χ0n) is 2.69. The average molecular weight is 112 g/mol. The maximum absolute atomic E-state index is 5.16. The second kappa shape index (κ2) is 2.82. The SMILES string of the molecule is NC(Cl)CS. The van der Waals surface area contributed by atoms with Gasteiger partial charge in [-0.25, -0.2) is 0 Å². The third-order valence-corrected chi connectivity index (χ3v) is 0.937. The van der Waals surface area contributed by atoms with Crippen LogP contribution in [0.4, 0.5) is 0 Å². The Morgan fingerprint density at radius 3 is 2.20 bits per heavy atom. The number of hydrogen-bond donors (Lipinski definition) is 2. The van der Waals surface area contributed by atoms with Gasteiger partial charge in [0.2, 0.25) is 0 Å². The minimum atomic E-state index is -0.279. The van der Waals surface area contributed by atoms with Crippen molar-refractivity contribution in [1.82, 2.24) is 0 Å². The van der Waals surface area contributed by atoms with Crippen molar-refractivity contribution in [3.8, 4) is 0 Å². The number of rotatable bonds is 1. The van der Waals surface area contributed by atoms with Gasteiger partial charge in [0.05, 0.1) is 5.50 Å². The van der Waals surface area contributed by atoms with Crippen LogP contribution in [0.3, 0.4) is 0 Å². The predicted molar refractivity (Wildman–Crippen MR) is 27.7 cm³/mol. The standard InChI is InChI=1S/C2H6ClNS/c3-2(4)1-5/h2,5H,1,4H2. The van der Waals surface area contributed by atoms with Crippen LogP contribution in [-0.2, 0) is 0 Å². The van der Waals surface area contributed by atoms with E-state index in [9.17, 15) is 0 Å². The lowest BCUT2D eigenvalue weighted by Crippen LogP contribution is -2.12. The molecule has 0 bridgehead atoms. The molecule has 0 aliphatic rings. The second-order valence-electron chi connectivity index (χ2n) is 0.699. The Hall–Kier alpha value is 0.600. The zero-order chi connectivity index (χ0) is 4.28. The molecule has 0 heterocycles. The molecule has 0 saturated heterocycles. The summed E-state index contributed by atoms with van der Waals surface area (Å²) in [6.45, 7) is 0. The molecule has 0 rings (SSSR count). The number of hydrogen-bond acceptors (Lipinski definition) is 2. The first kappa shape index (κ1) is 5.60. The lowest BCUT2D eigenvalue weighted by atomic mass is 10.8. The van der Waals surface area contributed by atoms with Crippen LogP contribution in [0.25, 0.3) is 0 Å². The summed E-state index contributed by atoms with van der Waals surface area (Å²) >= 11 is 8.92. The van der Waals surface area contributed by atoms with Gasteiger partial charge in [0, 0.05) is 5.75 Å². The third kappa shape index (κ3) is 4.60. The van der Waals surface area contributed by atoms with E-state index in [0.29, 0.717) is 5.75 Å². The number of nitrogens with two attached hydrogens (primary N) is 1. The highest BCUT2D eigenvalue weighted by Gasteiger charge is 1.83. The Morgan fingerprint density at radius 2 is 2.20 bits per heavy atom. The summed E-state index contributed by atoms with van der Waals surface area (Å²) in [6.07, 6.45) is 0. The molecule has 0 saturated carbocycles. The molecule has 3 heteroatoms. The molecule has 1 nitrogen and oxygen atoms in total. The van der Waals surface area contributed by atoms with Gasteiger partial charge in [-0.2, -0.15) is 12.6 Å². The first-order chi connectivity index (χ1) is 2.27. The molecule has 0 aliphatic heterocycles. The monoisotopic (exact) mass is 111 g/mol. The van der Waals surface area contributed by atoms with Crippen LogP contribution in [0.5, 0.6) is 0 Å². The molecule has 0 fully saturated rings. The number of thiol groups is 1. The van der Waals surface area contributed by atoms with Crippen LogP contribution in [0.15, 0.2) is 0 Å². The molecule has 0 aromatic heterocycles. The van der Waals surface area contributed by atoms with Crippen LogP contribution >= 0.6 is 24.2 Å². The van der Waals surface area contributed by atoms with Gasteiger partial charge in [-0.1, -0.05) is 0 Å². The van der Waals surface area contributed by atoms with Gasteiger partial charge >= 0.3 is 0 Å². The van der Waals surface area contributed by atoms with Crippen LogP contribution < -0.4 is 5.73 Å². The van der Waals surface area contributed by atoms with Crippen molar-refractivity contribution < 1.29 is 0 Å². The number of alkyl halides is 1. The van der Waals surface area contributed by atoms with Gasteiger partial charge in [0.1, 0.15) is 0 Å². The maximum Gasteiger partial charge on any atom is 0.0889 e. The molecular formula is C2H6ClNS. The first-order valence-corrected chi connectivity index (χ1v) is 2.34. The third-order valence-electron chi connectivity index (χ3n) is 0.174. The van der Waals surface area contributed by atoms with E-state index in [1.807, 2.05) is 0 Å². The second-order valence-corrected chi connectivity index (χ2v) is 1.62. The van der Waals surface area contributed by atoms with E-state index >= 15 is 0 Å².